The van der Waals surface area contributed by atoms with Gasteiger partial charge < -0.3 is 5.32 Å². The smallest absolute Gasteiger partial charge is 0.313 e. The lowest BCUT2D eigenvalue weighted by molar-refractivity contribution is -0.657. The molecule has 0 aliphatic heterocycles. The molecule has 0 saturated carbocycles. The van der Waals surface area contributed by atoms with E-state index in [0.717, 1.165) is 23.8 Å². The number of allylic oxidation sites excluding steroid dienone is 1. The minimum atomic E-state index is 0.414. The van der Waals surface area contributed by atoms with Crippen LogP contribution in [-0.4, -0.2) is 17.7 Å². The Morgan fingerprint density at radius 2 is 2.22 bits per heavy atom. The molecule has 5 heteroatoms. The zero-order valence-electron chi connectivity index (χ0n) is 11.4. The maximum absolute atomic E-state index is 4.31. The molecule has 0 saturated heterocycles. The summed E-state index contributed by atoms with van der Waals surface area (Å²) in [4.78, 5) is 0. The molecule has 1 aliphatic carbocycles. The summed E-state index contributed by atoms with van der Waals surface area (Å²) in [6, 6.07) is 0.414. The summed E-state index contributed by atoms with van der Waals surface area (Å²) < 4.78 is 4.00. The van der Waals surface area contributed by atoms with Gasteiger partial charge in [-0.1, -0.05) is 17.3 Å². The molecule has 18 heavy (non-hydrogen) atoms. The average Bonchev–Trinajstić information content (AvgIpc) is 2.62. The topological polar surface area (TPSA) is 45.6 Å². The number of likely N-dealkylation sites (N-methyl/N-ethyl adjacent to an activating group) is 1. The van der Waals surface area contributed by atoms with E-state index in [4.69, 9.17) is 0 Å². The van der Waals surface area contributed by atoms with Crippen LogP contribution in [0.4, 0.5) is 5.95 Å². The predicted octanol–water partition coefficient (Wildman–Crippen LogP) is 1.67. The fourth-order valence-corrected chi connectivity index (χ4v) is 1.96. The summed E-state index contributed by atoms with van der Waals surface area (Å²) in [5.41, 5.74) is 2.08. The molecular formula is C13H20N5+. The van der Waals surface area contributed by atoms with Gasteiger partial charge in [0.05, 0.1) is 26.0 Å². The third-order valence-electron chi connectivity index (χ3n) is 3.23. The molecular weight excluding hydrogens is 226 g/mol. The van der Waals surface area contributed by atoms with Crippen LogP contribution in [-0.2, 0) is 14.1 Å². The Hall–Kier alpha value is -1.75. The van der Waals surface area contributed by atoms with Crippen molar-refractivity contribution in [3.63, 3.8) is 0 Å². The molecule has 1 aromatic rings. The number of nitrogens with zero attached hydrogens (tertiary/aromatic N) is 4. The van der Waals surface area contributed by atoms with Gasteiger partial charge in [0.25, 0.3) is 0 Å². The molecule has 0 aromatic carbocycles. The van der Waals surface area contributed by atoms with Gasteiger partial charge in [-0.15, -0.1) is 0 Å². The van der Waals surface area contributed by atoms with E-state index >= 15 is 0 Å². The van der Waals surface area contributed by atoms with E-state index in [0.29, 0.717) is 6.04 Å². The number of azo groups is 1. The molecule has 96 valence electrons. The SMILES string of the molecule is CNC1C=CC(N=Nc2n(C)c(C)c[n+]2C)=CC1. The van der Waals surface area contributed by atoms with Crippen molar-refractivity contribution in [3.05, 3.63) is 35.8 Å². The van der Waals surface area contributed by atoms with Gasteiger partial charge >= 0.3 is 5.95 Å². The van der Waals surface area contributed by atoms with Crippen molar-refractivity contribution in [2.75, 3.05) is 7.05 Å². The minimum Gasteiger partial charge on any atom is -0.313 e. The van der Waals surface area contributed by atoms with E-state index in [9.17, 15) is 0 Å². The molecule has 1 aromatic heterocycles. The fraction of sp³-hybridized carbons (Fsp3) is 0.462. The molecule has 1 N–H and O–H groups in total. The van der Waals surface area contributed by atoms with Gasteiger partial charge in [-0.3, -0.25) is 0 Å². The van der Waals surface area contributed by atoms with E-state index < -0.39 is 0 Å². The van der Waals surface area contributed by atoms with Crippen molar-refractivity contribution in [2.45, 2.75) is 19.4 Å². The van der Waals surface area contributed by atoms with Gasteiger partial charge in [-0.25, -0.2) is 9.13 Å². The summed E-state index contributed by atoms with van der Waals surface area (Å²) in [5, 5.41) is 11.8. The number of aromatic nitrogens is 2. The van der Waals surface area contributed by atoms with Crippen LogP contribution in [0, 0.1) is 6.92 Å². The molecule has 5 nitrogen and oxygen atoms in total. The lowest BCUT2D eigenvalue weighted by Gasteiger charge is -2.11. The zero-order valence-corrected chi connectivity index (χ0v) is 11.4. The second kappa shape index (κ2) is 5.27. The Balaban J connectivity index is 2.13. The quantitative estimate of drug-likeness (QED) is 0.640. The number of hydrogen-bond donors (Lipinski definition) is 1. The molecule has 0 bridgehead atoms. The van der Waals surface area contributed by atoms with Gasteiger partial charge in [-0.05, 0) is 26.5 Å². The summed E-state index contributed by atoms with van der Waals surface area (Å²) in [6.45, 7) is 2.05. The molecule has 1 unspecified atom stereocenters. The first-order chi connectivity index (χ1) is 8.61. The van der Waals surface area contributed by atoms with Crippen LogP contribution in [0.15, 0.2) is 40.4 Å². The molecule has 1 aliphatic rings. The van der Waals surface area contributed by atoms with E-state index in [-0.39, 0.29) is 0 Å². The summed E-state index contributed by atoms with van der Waals surface area (Å²) in [5.74, 6) is 0.845. The monoisotopic (exact) mass is 246 g/mol. The standard InChI is InChI=1S/C13H20N5/c1-10-9-17(3)13(18(10)4)16-15-12-7-5-11(14-2)6-8-12/h5,7-9,11,14H,6H2,1-4H3/q+1. The Labute approximate surface area is 108 Å². The van der Waals surface area contributed by atoms with Crippen molar-refractivity contribution >= 4 is 5.95 Å². The van der Waals surface area contributed by atoms with Crippen LogP contribution in [0.1, 0.15) is 12.1 Å². The first-order valence-electron chi connectivity index (χ1n) is 6.11. The van der Waals surface area contributed by atoms with Crippen LogP contribution in [0.2, 0.25) is 0 Å². The molecule has 0 spiro atoms. The molecule has 0 fully saturated rings. The number of rotatable bonds is 3. The molecule has 0 radical (unpaired) electrons. The molecule has 1 heterocycles. The normalized spacial score (nSPS) is 19.6. The van der Waals surface area contributed by atoms with Crippen LogP contribution in [0.25, 0.3) is 0 Å². The fourth-order valence-electron chi connectivity index (χ4n) is 1.96. The van der Waals surface area contributed by atoms with Gasteiger partial charge in [0.15, 0.2) is 0 Å². The van der Waals surface area contributed by atoms with Gasteiger partial charge in [0.2, 0.25) is 0 Å². The van der Waals surface area contributed by atoms with Crippen molar-refractivity contribution in [3.8, 4) is 0 Å². The highest BCUT2D eigenvalue weighted by Crippen LogP contribution is 2.15. The first kappa shape index (κ1) is 12.7. The second-order valence-corrected chi connectivity index (χ2v) is 4.56. The Morgan fingerprint density at radius 3 is 2.72 bits per heavy atom. The number of nitrogens with one attached hydrogen (secondary N) is 1. The highest BCUT2D eigenvalue weighted by Gasteiger charge is 2.15. The lowest BCUT2D eigenvalue weighted by atomic mass is 10.1. The number of imidazole rings is 1. The van der Waals surface area contributed by atoms with Crippen molar-refractivity contribution in [1.82, 2.24) is 9.88 Å². The van der Waals surface area contributed by atoms with Crippen LogP contribution >= 0.6 is 0 Å². The van der Waals surface area contributed by atoms with E-state index in [2.05, 4.69) is 34.6 Å². The van der Waals surface area contributed by atoms with Crippen molar-refractivity contribution < 1.29 is 4.57 Å². The minimum absolute atomic E-state index is 0.414. The summed E-state index contributed by atoms with van der Waals surface area (Å²) in [6.07, 6.45) is 9.21. The largest absolute Gasteiger partial charge is 0.421 e. The van der Waals surface area contributed by atoms with Crippen LogP contribution < -0.4 is 9.88 Å². The summed E-state index contributed by atoms with van der Waals surface area (Å²) >= 11 is 0. The maximum atomic E-state index is 4.31. The van der Waals surface area contributed by atoms with E-state index in [1.54, 1.807) is 0 Å². The van der Waals surface area contributed by atoms with Crippen molar-refractivity contribution in [2.24, 2.45) is 24.3 Å². The molecule has 2 rings (SSSR count). The highest BCUT2D eigenvalue weighted by molar-refractivity contribution is 5.24. The zero-order chi connectivity index (χ0) is 13.1. The Bertz CT molecular complexity index is 522. The van der Waals surface area contributed by atoms with Gasteiger partial charge in [-0.2, -0.15) is 0 Å². The average molecular weight is 246 g/mol. The predicted molar refractivity (Wildman–Crippen MR) is 70.5 cm³/mol. The molecule has 0 amide bonds. The van der Waals surface area contributed by atoms with Gasteiger partial charge in [0.1, 0.15) is 5.69 Å². The van der Waals surface area contributed by atoms with Crippen molar-refractivity contribution in [1.29, 1.82) is 0 Å². The first-order valence-corrected chi connectivity index (χ1v) is 6.11. The van der Waals surface area contributed by atoms with Crippen LogP contribution in [0.5, 0.6) is 0 Å². The molecule has 1 atom stereocenters. The third-order valence-corrected chi connectivity index (χ3v) is 3.23. The Morgan fingerprint density at radius 1 is 1.44 bits per heavy atom. The maximum Gasteiger partial charge on any atom is 0.421 e. The van der Waals surface area contributed by atoms with E-state index in [1.165, 1.54) is 0 Å². The third kappa shape index (κ3) is 2.56. The highest BCUT2D eigenvalue weighted by atomic mass is 15.3. The Kier molecular flexibility index (Phi) is 3.72. The van der Waals surface area contributed by atoms with E-state index in [1.807, 2.05) is 42.6 Å². The lowest BCUT2D eigenvalue weighted by Crippen LogP contribution is -2.25. The second-order valence-electron chi connectivity index (χ2n) is 4.56. The summed E-state index contributed by atoms with van der Waals surface area (Å²) in [7, 11) is 5.93. The number of hydrogen-bond acceptors (Lipinski definition) is 3. The van der Waals surface area contributed by atoms with Crippen LogP contribution in [0.3, 0.4) is 0 Å². The van der Waals surface area contributed by atoms with Gasteiger partial charge in [0, 0.05) is 11.2 Å². The number of aryl methyl sites for hydroxylation is 2.